The molecular weight excluding hydrogens is 294 g/mol. The molecule has 1 atom stereocenters. The molecule has 0 saturated heterocycles. The first-order valence-corrected chi connectivity index (χ1v) is 7.58. The number of methoxy groups -OCH3 is 1. The number of anilines is 1. The lowest BCUT2D eigenvalue weighted by atomic mass is 9.80. The Balaban J connectivity index is 2.17. The molecule has 6 heteroatoms. The number of hydrogen-bond donors (Lipinski definition) is 2. The maximum atomic E-state index is 12.2. The largest absolute Gasteiger partial charge is 0.464 e. The predicted octanol–water partition coefficient (Wildman–Crippen LogP) is 3.36. The van der Waals surface area contributed by atoms with Gasteiger partial charge in [-0.3, -0.25) is 9.89 Å². The van der Waals surface area contributed by atoms with Crippen molar-refractivity contribution in [1.82, 2.24) is 10.2 Å². The number of benzene rings is 1. The van der Waals surface area contributed by atoms with E-state index in [1.807, 2.05) is 0 Å². The molecule has 2 aromatic rings. The Morgan fingerprint density at radius 3 is 2.65 bits per heavy atom. The summed E-state index contributed by atoms with van der Waals surface area (Å²) in [5, 5.41) is 10.2. The van der Waals surface area contributed by atoms with Crippen LogP contribution in [-0.2, 0) is 9.53 Å². The monoisotopic (exact) mass is 317 g/mol. The van der Waals surface area contributed by atoms with E-state index in [0.717, 1.165) is 0 Å². The summed E-state index contributed by atoms with van der Waals surface area (Å²) in [5.74, 6) is -0.304. The molecule has 6 nitrogen and oxygen atoms in total. The summed E-state index contributed by atoms with van der Waals surface area (Å²) in [6.45, 7) is 8.41. The van der Waals surface area contributed by atoms with Gasteiger partial charge in [0.25, 0.3) is 0 Å². The normalized spacial score (nSPS) is 12.9. The number of ether oxygens (including phenoxy) is 1. The predicted molar refractivity (Wildman–Crippen MR) is 89.3 cm³/mol. The average molecular weight is 317 g/mol. The molecule has 0 saturated carbocycles. The van der Waals surface area contributed by atoms with Gasteiger partial charge < -0.3 is 10.1 Å². The first kappa shape index (κ1) is 17.0. The van der Waals surface area contributed by atoms with Gasteiger partial charge >= 0.3 is 5.97 Å². The first-order chi connectivity index (χ1) is 10.7. The number of aromatic nitrogens is 2. The summed E-state index contributed by atoms with van der Waals surface area (Å²) in [5.41, 5.74) is 1.63. The molecule has 0 radical (unpaired) electrons. The number of fused-ring (bicyclic) bond motifs is 1. The number of esters is 1. The molecule has 1 aromatic heterocycles. The van der Waals surface area contributed by atoms with Crippen molar-refractivity contribution in [3.63, 3.8) is 0 Å². The van der Waals surface area contributed by atoms with Gasteiger partial charge in [-0.1, -0.05) is 27.7 Å². The fourth-order valence-corrected chi connectivity index (χ4v) is 2.14. The molecule has 0 bridgehead atoms. The topological polar surface area (TPSA) is 84.1 Å². The Morgan fingerprint density at radius 1 is 1.35 bits per heavy atom. The van der Waals surface area contributed by atoms with Crippen LogP contribution in [0.1, 0.15) is 44.6 Å². The molecule has 2 rings (SSSR count). The molecule has 23 heavy (non-hydrogen) atoms. The number of hydrogen-bond acceptors (Lipinski definition) is 4. The zero-order valence-corrected chi connectivity index (χ0v) is 14.2. The van der Waals surface area contributed by atoms with Crippen LogP contribution in [0.3, 0.4) is 0 Å². The number of carbonyl (C=O) groups is 2. The molecule has 2 N–H and O–H groups in total. The molecule has 1 heterocycles. The van der Waals surface area contributed by atoms with Crippen molar-refractivity contribution in [2.45, 2.75) is 34.1 Å². The van der Waals surface area contributed by atoms with Crippen molar-refractivity contribution in [3.05, 3.63) is 23.9 Å². The molecule has 0 fully saturated rings. The fraction of sp³-hybridized carbons (Fsp3) is 0.471. The maximum absolute atomic E-state index is 12.2. The summed E-state index contributed by atoms with van der Waals surface area (Å²) in [6.07, 6.45) is 0.441. The fourth-order valence-electron chi connectivity index (χ4n) is 2.14. The highest BCUT2D eigenvalue weighted by atomic mass is 16.5. The molecule has 1 aromatic carbocycles. The zero-order chi connectivity index (χ0) is 17.2. The number of H-pyrrole nitrogens is 1. The lowest BCUT2D eigenvalue weighted by Crippen LogP contribution is -2.23. The highest BCUT2D eigenvalue weighted by Crippen LogP contribution is 2.28. The van der Waals surface area contributed by atoms with Gasteiger partial charge in [0.15, 0.2) is 5.69 Å². The lowest BCUT2D eigenvalue weighted by Gasteiger charge is -2.26. The van der Waals surface area contributed by atoms with Gasteiger partial charge in [0.05, 0.1) is 12.6 Å². The number of nitrogens with one attached hydrogen (secondary N) is 2. The van der Waals surface area contributed by atoms with E-state index in [1.165, 1.54) is 7.11 Å². The SMILES string of the molecule is COC(=O)c1n[nH]c2ccc(NC(=O)CC(C)C(C)(C)C)cc12. The van der Waals surface area contributed by atoms with Gasteiger partial charge in [-0.2, -0.15) is 5.10 Å². The third-order valence-corrected chi connectivity index (χ3v) is 4.20. The van der Waals surface area contributed by atoms with E-state index < -0.39 is 5.97 Å². The second kappa shape index (κ2) is 6.40. The second-order valence-electron chi connectivity index (χ2n) is 6.84. The lowest BCUT2D eigenvalue weighted by molar-refractivity contribution is -0.117. The summed E-state index contributed by atoms with van der Waals surface area (Å²) in [6, 6.07) is 5.28. The minimum atomic E-state index is -0.513. The Morgan fingerprint density at radius 2 is 2.04 bits per heavy atom. The van der Waals surface area contributed by atoms with Crippen molar-refractivity contribution >= 4 is 28.5 Å². The highest BCUT2D eigenvalue weighted by molar-refractivity contribution is 6.03. The Hall–Kier alpha value is -2.37. The highest BCUT2D eigenvalue weighted by Gasteiger charge is 2.22. The molecule has 0 aliphatic carbocycles. The van der Waals surface area contributed by atoms with Crippen LogP contribution >= 0.6 is 0 Å². The van der Waals surface area contributed by atoms with Crippen LogP contribution in [0, 0.1) is 11.3 Å². The Bertz CT molecular complexity index is 728. The minimum Gasteiger partial charge on any atom is -0.464 e. The van der Waals surface area contributed by atoms with Gasteiger partial charge in [-0.15, -0.1) is 0 Å². The van der Waals surface area contributed by atoms with Gasteiger partial charge in [0, 0.05) is 17.5 Å². The Kier molecular flexibility index (Phi) is 4.73. The molecule has 0 spiro atoms. The van der Waals surface area contributed by atoms with Gasteiger partial charge in [0.1, 0.15) is 0 Å². The van der Waals surface area contributed by atoms with Gasteiger partial charge in [-0.25, -0.2) is 4.79 Å². The van der Waals surface area contributed by atoms with Crippen LogP contribution in [0.4, 0.5) is 5.69 Å². The maximum Gasteiger partial charge on any atom is 0.359 e. The summed E-state index contributed by atoms with van der Waals surface area (Å²) in [7, 11) is 1.31. The molecule has 1 amide bonds. The van der Waals surface area contributed by atoms with E-state index >= 15 is 0 Å². The number of amides is 1. The zero-order valence-electron chi connectivity index (χ0n) is 14.2. The standard InChI is InChI=1S/C17H23N3O3/c1-10(17(2,3)4)8-14(21)18-11-6-7-13-12(9-11)15(20-19-13)16(22)23-5/h6-7,9-10H,8H2,1-5H3,(H,18,21)(H,19,20). The van der Waals surface area contributed by atoms with Crippen LogP contribution in [0.2, 0.25) is 0 Å². The van der Waals surface area contributed by atoms with Crippen molar-refractivity contribution < 1.29 is 14.3 Å². The second-order valence-corrected chi connectivity index (χ2v) is 6.84. The van der Waals surface area contributed by atoms with Gasteiger partial charge in [-0.05, 0) is 29.5 Å². The third-order valence-electron chi connectivity index (χ3n) is 4.20. The van der Waals surface area contributed by atoms with Crippen molar-refractivity contribution in [3.8, 4) is 0 Å². The number of aromatic amines is 1. The van der Waals surface area contributed by atoms with E-state index in [9.17, 15) is 9.59 Å². The first-order valence-electron chi connectivity index (χ1n) is 7.58. The molecule has 0 aliphatic rings. The van der Waals surface area contributed by atoms with Crippen LogP contribution in [0.5, 0.6) is 0 Å². The van der Waals surface area contributed by atoms with Crippen LogP contribution in [0.25, 0.3) is 10.9 Å². The van der Waals surface area contributed by atoms with Crippen LogP contribution in [0.15, 0.2) is 18.2 Å². The Labute approximate surface area is 135 Å². The molecule has 124 valence electrons. The van der Waals surface area contributed by atoms with E-state index in [2.05, 4.69) is 43.2 Å². The average Bonchev–Trinajstić information content (AvgIpc) is 2.88. The van der Waals surface area contributed by atoms with E-state index in [0.29, 0.717) is 23.0 Å². The summed E-state index contributed by atoms with van der Waals surface area (Å²) < 4.78 is 4.70. The third kappa shape index (κ3) is 3.88. The number of nitrogens with zero attached hydrogens (tertiary/aromatic N) is 1. The van der Waals surface area contributed by atoms with Gasteiger partial charge in [0.2, 0.25) is 5.91 Å². The van der Waals surface area contributed by atoms with E-state index in [1.54, 1.807) is 18.2 Å². The summed E-state index contributed by atoms with van der Waals surface area (Å²) in [4.78, 5) is 23.9. The molecular formula is C17H23N3O3. The molecule has 1 unspecified atom stereocenters. The van der Waals surface area contributed by atoms with Crippen LogP contribution in [-0.4, -0.2) is 29.2 Å². The van der Waals surface area contributed by atoms with E-state index in [-0.39, 0.29) is 22.9 Å². The van der Waals surface area contributed by atoms with E-state index in [4.69, 9.17) is 4.74 Å². The smallest absolute Gasteiger partial charge is 0.359 e. The van der Waals surface area contributed by atoms with Crippen molar-refractivity contribution in [2.75, 3.05) is 12.4 Å². The quantitative estimate of drug-likeness (QED) is 0.847. The minimum absolute atomic E-state index is 0.0464. The number of rotatable bonds is 4. The summed E-state index contributed by atoms with van der Waals surface area (Å²) >= 11 is 0. The molecule has 0 aliphatic heterocycles. The van der Waals surface area contributed by atoms with Crippen molar-refractivity contribution in [1.29, 1.82) is 0 Å². The van der Waals surface area contributed by atoms with Crippen LogP contribution < -0.4 is 5.32 Å². The van der Waals surface area contributed by atoms with Crippen molar-refractivity contribution in [2.24, 2.45) is 11.3 Å². The number of carbonyl (C=O) groups excluding carboxylic acids is 2.